The van der Waals surface area contributed by atoms with Crippen molar-refractivity contribution in [2.75, 3.05) is 7.11 Å². The lowest BCUT2D eigenvalue weighted by molar-refractivity contribution is -0.136. The Morgan fingerprint density at radius 2 is 1.91 bits per heavy atom. The minimum Gasteiger partial charge on any atom is -0.465 e. The Morgan fingerprint density at radius 1 is 1.28 bits per heavy atom. The molecule has 1 unspecified atom stereocenters. The van der Waals surface area contributed by atoms with E-state index in [0.717, 1.165) is 36.8 Å². The van der Waals surface area contributed by atoms with E-state index in [1.165, 1.54) is 17.6 Å². The first-order valence-electron chi connectivity index (χ1n) is 11.2. The number of nitrogens with zero attached hydrogens (tertiary/aromatic N) is 1. The van der Waals surface area contributed by atoms with Crippen LogP contribution in [0.25, 0.3) is 0 Å². The monoisotopic (exact) mass is 453 g/mol. The molecule has 1 spiro atoms. The van der Waals surface area contributed by atoms with Gasteiger partial charge in [0.05, 0.1) is 17.4 Å². The van der Waals surface area contributed by atoms with Gasteiger partial charge in [0.1, 0.15) is 6.07 Å². The fourth-order valence-corrected chi connectivity index (χ4v) is 7.96. The molecule has 4 rings (SSSR count). The number of fused-ring (bicyclic) bond motifs is 3. The number of rotatable bonds is 1. The summed E-state index contributed by atoms with van der Waals surface area (Å²) in [4.78, 5) is 26.8. The Bertz CT molecular complexity index is 1080. The van der Waals surface area contributed by atoms with Crippen molar-refractivity contribution in [2.24, 2.45) is 16.7 Å². The molecule has 4 aliphatic rings. The predicted octanol–water partition coefficient (Wildman–Crippen LogP) is 5.75. The number of hydrogen-bond acceptors (Lipinski definition) is 6. The van der Waals surface area contributed by atoms with Gasteiger partial charge in [0.2, 0.25) is 0 Å². The highest BCUT2D eigenvalue weighted by molar-refractivity contribution is 8.04. The zero-order valence-corrected chi connectivity index (χ0v) is 20.8. The van der Waals surface area contributed by atoms with Crippen molar-refractivity contribution in [1.82, 2.24) is 0 Å². The largest absolute Gasteiger partial charge is 0.465 e. The minimum absolute atomic E-state index is 0.110. The Hall–Kier alpha value is -2.26. The van der Waals surface area contributed by atoms with Crippen LogP contribution in [0.15, 0.2) is 44.6 Å². The average molecular weight is 454 g/mol. The molecule has 0 radical (unpaired) electrons. The maximum atomic E-state index is 13.1. The number of allylic oxidation sites excluding steroid dienone is 3. The number of thioether (sulfide) groups is 1. The van der Waals surface area contributed by atoms with Crippen molar-refractivity contribution < 1.29 is 19.1 Å². The summed E-state index contributed by atoms with van der Waals surface area (Å²) in [6.07, 6.45) is 5.97. The minimum atomic E-state index is -0.770. The number of carbonyl (C=O) groups excluding carboxylic acids is 2. The van der Waals surface area contributed by atoms with Crippen LogP contribution in [0.5, 0.6) is 0 Å². The summed E-state index contributed by atoms with van der Waals surface area (Å²) in [5.74, 6) is -0.566. The molecule has 0 aromatic rings. The van der Waals surface area contributed by atoms with Crippen molar-refractivity contribution in [3.05, 3.63) is 44.6 Å². The lowest BCUT2D eigenvalue weighted by Crippen LogP contribution is -2.50. The zero-order valence-electron chi connectivity index (χ0n) is 20.0. The molecular formula is C26H31NO4S. The van der Waals surface area contributed by atoms with Crippen LogP contribution in [-0.2, 0) is 19.1 Å². The summed E-state index contributed by atoms with van der Waals surface area (Å²) >= 11 is 1.84. The smallest absolute Gasteiger partial charge is 0.352 e. The Morgan fingerprint density at radius 3 is 2.44 bits per heavy atom. The number of nitriles is 1. The average Bonchev–Trinajstić information content (AvgIpc) is 3.24. The van der Waals surface area contributed by atoms with Gasteiger partial charge in [-0.15, -0.1) is 11.8 Å². The number of methoxy groups -OCH3 is 1. The van der Waals surface area contributed by atoms with Crippen LogP contribution < -0.4 is 0 Å². The van der Waals surface area contributed by atoms with E-state index >= 15 is 0 Å². The van der Waals surface area contributed by atoms with E-state index in [2.05, 4.69) is 40.7 Å². The standard InChI is InChI=1S/C26H31NO4S/c1-14-12-18-15(2)19-20(21(31-23(19)29)17(13-27)22(28)30-7)26(25(18,6)32-14)10-8-16(9-11-26)24(3,4)5/h12,16H,8-11H2,1-7H3/b21-17-. The van der Waals surface area contributed by atoms with Gasteiger partial charge in [0, 0.05) is 11.0 Å². The van der Waals surface area contributed by atoms with Crippen LogP contribution in [-0.4, -0.2) is 23.8 Å². The summed E-state index contributed by atoms with van der Waals surface area (Å²) in [7, 11) is 1.24. The van der Waals surface area contributed by atoms with Gasteiger partial charge in [-0.3, -0.25) is 0 Å². The van der Waals surface area contributed by atoms with E-state index in [1.54, 1.807) is 0 Å². The first-order valence-corrected chi connectivity index (χ1v) is 12.0. The Labute approximate surface area is 194 Å². The second-order valence-electron chi connectivity index (χ2n) is 10.6. The molecule has 0 N–H and O–H groups in total. The molecule has 2 aliphatic heterocycles. The molecule has 0 amide bonds. The molecule has 1 fully saturated rings. The van der Waals surface area contributed by atoms with E-state index in [4.69, 9.17) is 9.47 Å². The van der Waals surface area contributed by atoms with Crippen molar-refractivity contribution in [3.63, 3.8) is 0 Å². The number of hydrogen-bond donors (Lipinski definition) is 0. The van der Waals surface area contributed by atoms with Gasteiger partial charge in [-0.1, -0.05) is 20.8 Å². The lowest BCUT2D eigenvalue weighted by atomic mass is 9.52. The van der Waals surface area contributed by atoms with Gasteiger partial charge in [-0.05, 0) is 79.9 Å². The summed E-state index contributed by atoms with van der Waals surface area (Å²) in [6.45, 7) is 13.2. The van der Waals surface area contributed by atoms with Gasteiger partial charge in [-0.2, -0.15) is 5.26 Å². The zero-order chi connectivity index (χ0) is 23.6. The highest BCUT2D eigenvalue weighted by Gasteiger charge is 2.63. The first kappa shape index (κ1) is 22.9. The van der Waals surface area contributed by atoms with Crippen LogP contribution in [0.2, 0.25) is 0 Å². The van der Waals surface area contributed by atoms with Crippen LogP contribution in [0, 0.1) is 28.1 Å². The van der Waals surface area contributed by atoms with Crippen molar-refractivity contribution in [3.8, 4) is 6.07 Å². The molecule has 5 nitrogen and oxygen atoms in total. The number of esters is 2. The lowest BCUT2D eigenvalue weighted by Gasteiger charge is -2.55. The fourth-order valence-electron chi connectivity index (χ4n) is 6.32. The summed E-state index contributed by atoms with van der Waals surface area (Å²) in [5, 5.41) is 9.81. The molecular weight excluding hydrogens is 422 g/mol. The van der Waals surface area contributed by atoms with Crippen LogP contribution >= 0.6 is 11.8 Å². The fraction of sp³-hybridized carbons (Fsp3) is 0.577. The molecule has 6 heteroatoms. The third-order valence-corrected chi connectivity index (χ3v) is 9.52. The molecule has 32 heavy (non-hydrogen) atoms. The highest BCUT2D eigenvalue weighted by atomic mass is 32.2. The van der Waals surface area contributed by atoms with Crippen molar-refractivity contribution in [1.29, 1.82) is 5.26 Å². The maximum absolute atomic E-state index is 13.1. The van der Waals surface area contributed by atoms with E-state index < -0.39 is 17.4 Å². The Kier molecular flexibility index (Phi) is 5.29. The topological polar surface area (TPSA) is 76.4 Å². The molecule has 170 valence electrons. The molecule has 2 aliphatic carbocycles. The van der Waals surface area contributed by atoms with Crippen molar-refractivity contribution >= 4 is 23.7 Å². The summed E-state index contributed by atoms with van der Waals surface area (Å²) in [5.41, 5.74) is 2.90. The number of carbonyl (C=O) groups is 2. The molecule has 1 saturated carbocycles. The molecule has 0 bridgehead atoms. The first-order chi connectivity index (χ1) is 14.9. The molecule has 0 aromatic heterocycles. The third kappa shape index (κ3) is 2.97. The normalized spacial score (nSPS) is 33.5. The molecule has 0 aromatic carbocycles. The quantitative estimate of drug-likeness (QED) is 0.286. The van der Waals surface area contributed by atoms with Crippen molar-refractivity contribution in [2.45, 2.75) is 72.0 Å². The molecule has 1 atom stereocenters. The molecule has 0 saturated heterocycles. The van der Waals surface area contributed by atoms with Crippen LogP contribution in [0.3, 0.4) is 0 Å². The van der Waals surface area contributed by atoms with Crippen LogP contribution in [0.4, 0.5) is 0 Å². The number of cyclic esters (lactones) is 1. The maximum Gasteiger partial charge on any atom is 0.352 e. The Balaban J connectivity index is 1.99. The van der Waals surface area contributed by atoms with Gasteiger partial charge < -0.3 is 9.47 Å². The van der Waals surface area contributed by atoms with Gasteiger partial charge in [0.15, 0.2) is 11.3 Å². The second kappa shape index (κ2) is 7.38. The van der Waals surface area contributed by atoms with Crippen LogP contribution in [0.1, 0.15) is 67.2 Å². The van der Waals surface area contributed by atoms with E-state index in [-0.39, 0.29) is 21.5 Å². The summed E-state index contributed by atoms with van der Waals surface area (Å²) < 4.78 is 10.3. The molecule has 2 heterocycles. The van der Waals surface area contributed by atoms with Gasteiger partial charge in [-0.25, -0.2) is 9.59 Å². The second-order valence-corrected chi connectivity index (χ2v) is 12.3. The van der Waals surface area contributed by atoms with Gasteiger partial charge >= 0.3 is 11.9 Å². The summed E-state index contributed by atoms with van der Waals surface area (Å²) in [6, 6.07) is 1.96. The van der Waals surface area contributed by atoms with E-state index in [0.29, 0.717) is 11.5 Å². The van der Waals surface area contributed by atoms with E-state index in [9.17, 15) is 14.9 Å². The third-order valence-electron chi connectivity index (χ3n) is 8.07. The number of ether oxygens (including phenoxy) is 2. The predicted molar refractivity (Wildman–Crippen MR) is 124 cm³/mol. The highest BCUT2D eigenvalue weighted by Crippen LogP contribution is 2.70. The van der Waals surface area contributed by atoms with E-state index in [1.807, 2.05) is 24.8 Å². The SMILES string of the molecule is COC(=O)/C(C#N)=C1\OC(=O)C2=C1C1(CCC(C(C)(C)C)CC1)C1(C)SC(C)=CC1=C2C. The van der Waals surface area contributed by atoms with Gasteiger partial charge in [0.25, 0.3) is 0 Å².